The number of ether oxygens (including phenoxy) is 1. The fraction of sp³-hybridized carbons (Fsp3) is 0.100. The van der Waals surface area contributed by atoms with Crippen molar-refractivity contribution in [3.8, 4) is 5.75 Å². The van der Waals surface area contributed by atoms with Crippen molar-refractivity contribution >= 4 is 20.4 Å². The van der Waals surface area contributed by atoms with Crippen LogP contribution in [-0.4, -0.2) is 21.0 Å². The number of alkyl halides is 3. The van der Waals surface area contributed by atoms with Gasteiger partial charge < -0.3 is 4.74 Å². The molecule has 9 heteroatoms. The maximum absolute atomic E-state index is 13.4. The maximum Gasteiger partial charge on any atom is 0.524 e. The summed E-state index contributed by atoms with van der Waals surface area (Å²) in [6.45, 7) is 0. The Balaban J connectivity index is 2.44. The number of rotatable bonds is 6. The third-order valence-corrected chi connectivity index (χ3v) is 8.93. The predicted molar refractivity (Wildman–Crippen MR) is 104 cm³/mol. The van der Waals surface area contributed by atoms with Gasteiger partial charge in [-0.3, -0.25) is 0 Å². The first kappa shape index (κ1) is 21.2. The molecule has 0 saturated heterocycles. The highest BCUT2D eigenvalue weighted by molar-refractivity contribution is 8.33. The fourth-order valence-corrected chi connectivity index (χ4v) is 7.63. The summed E-state index contributed by atoms with van der Waals surface area (Å²) in [7, 11) is -7.93. The van der Waals surface area contributed by atoms with E-state index in [2.05, 4.69) is 0 Å². The Morgan fingerprint density at radius 2 is 1.17 bits per heavy atom. The van der Waals surface area contributed by atoms with Crippen LogP contribution in [0.3, 0.4) is 0 Å². The zero-order chi connectivity index (χ0) is 21.1. The standard InChI is InChI=1S/C20H17F3O4S2/c1-26-18-14-8-9-15-19(18)28(16-10-4-2-5-11-16,17-12-6-3-7-13-17)27-29(24,25)20(21,22)23/h2-15H,1H3. The molecule has 0 atom stereocenters. The predicted octanol–water partition coefficient (Wildman–Crippen LogP) is 5.76. The molecule has 4 nitrogen and oxygen atoms in total. The van der Waals surface area contributed by atoms with Gasteiger partial charge in [0.2, 0.25) is 0 Å². The first-order valence-electron chi connectivity index (χ1n) is 8.31. The van der Waals surface area contributed by atoms with E-state index in [9.17, 15) is 21.6 Å². The Bertz CT molecular complexity index is 1030. The lowest BCUT2D eigenvalue weighted by molar-refractivity contribution is -0.0496. The van der Waals surface area contributed by atoms with Crippen LogP contribution in [-0.2, 0) is 13.7 Å². The summed E-state index contributed by atoms with van der Waals surface area (Å²) in [5.74, 6) is 0.215. The van der Waals surface area contributed by atoms with Crippen LogP contribution >= 0.6 is 10.3 Å². The molecular weight excluding hydrogens is 425 g/mol. The quantitative estimate of drug-likeness (QED) is 0.456. The molecule has 0 saturated carbocycles. The van der Waals surface area contributed by atoms with E-state index in [0.29, 0.717) is 0 Å². The van der Waals surface area contributed by atoms with Gasteiger partial charge in [-0.1, -0.05) is 48.5 Å². The topological polar surface area (TPSA) is 52.6 Å². The fourth-order valence-electron chi connectivity index (χ4n) is 2.76. The van der Waals surface area contributed by atoms with Gasteiger partial charge in [0, 0.05) is 9.79 Å². The number of hydrogen-bond acceptors (Lipinski definition) is 4. The van der Waals surface area contributed by atoms with Crippen LogP contribution < -0.4 is 4.74 Å². The number of hydrogen-bond donors (Lipinski definition) is 0. The highest BCUT2D eigenvalue weighted by atomic mass is 32.3. The molecule has 0 aliphatic rings. The Morgan fingerprint density at radius 1 is 0.724 bits per heavy atom. The minimum Gasteiger partial charge on any atom is -0.496 e. The Hall–Kier alpha value is -2.49. The highest BCUT2D eigenvalue weighted by Gasteiger charge is 2.53. The molecule has 0 amide bonds. The van der Waals surface area contributed by atoms with Gasteiger partial charge in [-0.2, -0.15) is 25.2 Å². The molecule has 0 aliphatic carbocycles. The van der Waals surface area contributed by atoms with Gasteiger partial charge in [-0.05, 0) is 46.7 Å². The van der Waals surface area contributed by atoms with Gasteiger partial charge in [0.25, 0.3) is 0 Å². The summed E-state index contributed by atoms with van der Waals surface area (Å²) >= 11 is 0. The van der Waals surface area contributed by atoms with E-state index in [1.54, 1.807) is 78.9 Å². The molecule has 154 valence electrons. The molecule has 3 aromatic carbocycles. The Kier molecular flexibility index (Phi) is 5.92. The molecule has 0 radical (unpaired) electrons. The second kappa shape index (κ2) is 8.10. The van der Waals surface area contributed by atoms with Crippen molar-refractivity contribution in [1.82, 2.24) is 0 Å². The van der Waals surface area contributed by atoms with Gasteiger partial charge >= 0.3 is 15.6 Å². The molecule has 3 rings (SSSR count). The SMILES string of the molecule is COc1ccccc1S(OS(=O)(=O)C(F)(F)F)(c1ccccc1)c1ccccc1. The van der Waals surface area contributed by atoms with E-state index < -0.39 is 25.9 Å². The molecule has 0 N–H and O–H groups in total. The van der Waals surface area contributed by atoms with Crippen molar-refractivity contribution in [2.24, 2.45) is 0 Å². The van der Waals surface area contributed by atoms with Gasteiger partial charge in [0.15, 0.2) is 0 Å². The van der Waals surface area contributed by atoms with Gasteiger partial charge in [-0.15, -0.1) is 0 Å². The molecule has 0 unspecified atom stereocenters. The molecule has 29 heavy (non-hydrogen) atoms. The lowest BCUT2D eigenvalue weighted by Gasteiger charge is -2.40. The van der Waals surface area contributed by atoms with E-state index in [4.69, 9.17) is 8.37 Å². The van der Waals surface area contributed by atoms with Crippen molar-refractivity contribution < 1.29 is 30.0 Å². The van der Waals surface area contributed by atoms with Crippen LogP contribution in [0, 0.1) is 0 Å². The average molecular weight is 442 g/mol. The van der Waals surface area contributed by atoms with Crippen LogP contribution in [0.15, 0.2) is 99.6 Å². The molecule has 0 fully saturated rings. The van der Waals surface area contributed by atoms with E-state index in [-0.39, 0.29) is 20.4 Å². The van der Waals surface area contributed by atoms with Gasteiger partial charge in [-0.25, -0.2) is 0 Å². The van der Waals surface area contributed by atoms with Crippen molar-refractivity contribution in [1.29, 1.82) is 0 Å². The molecule has 0 spiro atoms. The zero-order valence-electron chi connectivity index (χ0n) is 15.2. The number of halogens is 3. The van der Waals surface area contributed by atoms with Crippen molar-refractivity contribution in [3.05, 3.63) is 84.9 Å². The molecule has 0 aromatic heterocycles. The van der Waals surface area contributed by atoms with Crippen molar-refractivity contribution in [2.75, 3.05) is 7.11 Å². The minimum absolute atomic E-state index is 0.202. The van der Waals surface area contributed by atoms with E-state index in [1.165, 1.54) is 13.2 Å². The number of benzene rings is 3. The second-order valence-electron chi connectivity index (χ2n) is 5.80. The lowest BCUT2D eigenvalue weighted by Crippen LogP contribution is -2.27. The third kappa shape index (κ3) is 3.98. The number of para-hydroxylation sites is 1. The second-order valence-corrected chi connectivity index (χ2v) is 10.2. The molecule has 0 heterocycles. The molecule has 0 aliphatic heterocycles. The first-order chi connectivity index (χ1) is 13.7. The van der Waals surface area contributed by atoms with E-state index in [1.807, 2.05) is 0 Å². The van der Waals surface area contributed by atoms with Gasteiger partial charge in [0.05, 0.1) is 12.0 Å². The lowest BCUT2D eigenvalue weighted by atomic mass is 10.3. The monoisotopic (exact) mass is 442 g/mol. The summed E-state index contributed by atoms with van der Waals surface area (Å²) in [6.07, 6.45) is 0. The zero-order valence-corrected chi connectivity index (χ0v) is 16.8. The largest absolute Gasteiger partial charge is 0.524 e. The summed E-state index contributed by atoms with van der Waals surface area (Å²) in [4.78, 5) is 0.764. The van der Waals surface area contributed by atoms with E-state index >= 15 is 0 Å². The van der Waals surface area contributed by atoms with E-state index in [0.717, 1.165) is 0 Å². The summed E-state index contributed by atoms with van der Waals surface area (Å²) in [6, 6.07) is 22.3. The summed E-state index contributed by atoms with van der Waals surface area (Å²) in [5, 5.41) is 0. The van der Waals surface area contributed by atoms with Crippen LogP contribution in [0.4, 0.5) is 13.2 Å². The highest BCUT2D eigenvalue weighted by Crippen LogP contribution is 2.72. The van der Waals surface area contributed by atoms with Crippen molar-refractivity contribution in [2.45, 2.75) is 20.2 Å². The average Bonchev–Trinajstić information content (AvgIpc) is 2.72. The maximum atomic E-state index is 13.4. The number of methoxy groups -OCH3 is 1. The molecular formula is C20H17F3O4S2. The Labute approximate surface area is 168 Å². The van der Waals surface area contributed by atoms with Crippen molar-refractivity contribution in [3.63, 3.8) is 0 Å². The molecule has 0 bridgehead atoms. The minimum atomic E-state index is -5.94. The van der Waals surface area contributed by atoms with Gasteiger partial charge in [0.1, 0.15) is 5.75 Å². The van der Waals surface area contributed by atoms with Crippen LogP contribution in [0.25, 0.3) is 0 Å². The smallest absolute Gasteiger partial charge is 0.496 e. The first-order valence-corrected chi connectivity index (χ1v) is 11.3. The normalized spacial score (nSPS) is 13.1. The Morgan fingerprint density at radius 3 is 1.62 bits per heavy atom. The van der Waals surface area contributed by atoms with Crippen LogP contribution in [0.1, 0.15) is 0 Å². The molecule has 3 aromatic rings. The third-order valence-electron chi connectivity index (χ3n) is 4.00. The summed E-state index contributed by atoms with van der Waals surface area (Å²) < 4.78 is 75.0. The van der Waals surface area contributed by atoms with Crippen LogP contribution in [0.5, 0.6) is 5.75 Å². The summed E-state index contributed by atoms with van der Waals surface area (Å²) in [5.41, 5.74) is -5.59. The van der Waals surface area contributed by atoms with Crippen LogP contribution in [0.2, 0.25) is 0 Å².